The van der Waals surface area contributed by atoms with E-state index < -0.39 is 0 Å². The van der Waals surface area contributed by atoms with E-state index in [1.807, 2.05) is 24.5 Å². The van der Waals surface area contributed by atoms with Crippen LogP contribution in [-0.2, 0) is 23.5 Å². The number of halogens is 1. The van der Waals surface area contributed by atoms with Crippen molar-refractivity contribution in [2.45, 2.75) is 18.7 Å². The van der Waals surface area contributed by atoms with E-state index in [1.54, 1.807) is 37.0 Å². The summed E-state index contributed by atoms with van der Waals surface area (Å²) in [5.41, 5.74) is 3.69. The van der Waals surface area contributed by atoms with Gasteiger partial charge in [0.25, 0.3) is 0 Å². The van der Waals surface area contributed by atoms with Gasteiger partial charge in [0, 0.05) is 25.9 Å². The molecule has 2 N–H and O–H groups in total. The number of nitrogens with zero attached hydrogens (tertiary/aromatic N) is 1. The maximum Gasteiger partial charge on any atom is 0.337 e. The SMILES string of the molecule is CN=C(NCCc1ccc(C(=O)OC)cc1)NCc1ccc(F)cc1CSC. The minimum absolute atomic E-state index is 0.214. The van der Waals surface area contributed by atoms with Gasteiger partial charge in [0.05, 0.1) is 12.7 Å². The molecule has 0 saturated carbocycles. The Morgan fingerprint density at radius 1 is 1.14 bits per heavy atom. The topological polar surface area (TPSA) is 62.7 Å². The Balaban J connectivity index is 1.84. The van der Waals surface area contributed by atoms with Crippen LogP contribution in [0.4, 0.5) is 4.39 Å². The minimum Gasteiger partial charge on any atom is -0.465 e. The van der Waals surface area contributed by atoms with Gasteiger partial charge < -0.3 is 15.4 Å². The van der Waals surface area contributed by atoms with Gasteiger partial charge in [-0.05, 0) is 53.6 Å². The molecule has 0 atom stereocenters. The van der Waals surface area contributed by atoms with E-state index in [0.29, 0.717) is 24.6 Å². The first-order chi connectivity index (χ1) is 13.6. The molecule has 2 rings (SSSR count). The lowest BCUT2D eigenvalue weighted by atomic mass is 10.1. The van der Waals surface area contributed by atoms with Gasteiger partial charge in [0.2, 0.25) is 0 Å². The number of ether oxygens (including phenoxy) is 1. The molecule has 0 fully saturated rings. The first-order valence-electron chi connectivity index (χ1n) is 8.95. The second kappa shape index (κ2) is 11.3. The molecule has 0 aliphatic rings. The molecule has 2 aromatic rings. The average Bonchev–Trinajstić information content (AvgIpc) is 2.71. The number of esters is 1. The number of guanidine groups is 1. The summed E-state index contributed by atoms with van der Waals surface area (Å²) in [7, 11) is 3.09. The van der Waals surface area contributed by atoms with Crippen LogP contribution in [0.3, 0.4) is 0 Å². The van der Waals surface area contributed by atoms with Gasteiger partial charge in [-0.2, -0.15) is 11.8 Å². The molecule has 0 saturated heterocycles. The highest BCUT2D eigenvalue weighted by molar-refractivity contribution is 7.97. The van der Waals surface area contributed by atoms with Gasteiger partial charge in [-0.1, -0.05) is 18.2 Å². The third kappa shape index (κ3) is 6.56. The summed E-state index contributed by atoms with van der Waals surface area (Å²) in [4.78, 5) is 15.7. The van der Waals surface area contributed by atoms with E-state index in [9.17, 15) is 9.18 Å². The molecule has 0 aromatic heterocycles. The summed E-state index contributed by atoms with van der Waals surface area (Å²) < 4.78 is 18.2. The first kappa shape index (κ1) is 21.8. The molecule has 0 spiro atoms. The fourth-order valence-corrected chi connectivity index (χ4v) is 3.29. The molecule has 0 unspecified atom stereocenters. The number of benzene rings is 2. The Bertz CT molecular complexity index is 810. The molecule has 0 radical (unpaired) electrons. The van der Waals surface area contributed by atoms with Crippen molar-refractivity contribution in [2.24, 2.45) is 4.99 Å². The molecule has 7 heteroatoms. The van der Waals surface area contributed by atoms with Crippen LogP contribution in [0, 0.1) is 5.82 Å². The third-order valence-electron chi connectivity index (χ3n) is 4.22. The van der Waals surface area contributed by atoms with Gasteiger partial charge in [0.15, 0.2) is 5.96 Å². The van der Waals surface area contributed by atoms with E-state index in [0.717, 1.165) is 28.9 Å². The number of hydrogen-bond acceptors (Lipinski definition) is 4. The summed E-state index contributed by atoms with van der Waals surface area (Å²) in [6, 6.07) is 12.2. The second-order valence-electron chi connectivity index (χ2n) is 6.14. The van der Waals surface area contributed by atoms with Crippen molar-refractivity contribution in [2.75, 3.05) is 27.0 Å². The number of carbonyl (C=O) groups excluding carboxylic acids is 1. The Labute approximate surface area is 169 Å². The molecule has 150 valence electrons. The summed E-state index contributed by atoms with van der Waals surface area (Å²) in [5, 5.41) is 6.54. The number of hydrogen-bond donors (Lipinski definition) is 2. The highest BCUT2D eigenvalue weighted by atomic mass is 32.2. The third-order valence-corrected chi connectivity index (χ3v) is 4.82. The van der Waals surface area contributed by atoms with Crippen LogP contribution in [0.15, 0.2) is 47.5 Å². The van der Waals surface area contributed by atoms with Crippen molar-refractivity contribution < 1.29 is 13.9 Å². The highest BCUT2D eigenvalue weighted by Crippen LogP contribution is 2.16. The van der Waals surface area contributed by atoms with Crippen molar-refractivity contribution in [3.8, 4) is 0 Å². The van der Waals surface area contributed by atoms with Gasteiger partial charge in [-0.3, -0.25) is 4.99 Å². The lowest BCUT2D eigenvalue weighted by molar-refractivity contribution is 0.0600. The van der Waals surface area contributed by atoms with Gasteiger partial charge in [-0.15, -0.1) is 0 Å². The predicted molar refractivity (Wildman–Crippen MR) is 113 cm³/mol. The number of thioether (sulfide) groups is 1. The van der Waals surface area contributed by atoms with Crippen LogP contribution in [0.5, 0.6) is 0 Å². The van der Waals surface area contributed by atoms with Crippen LogP contribution < -0.4 is 10.6 Å². The van der Waals surface area contributed by atoms with Crippen molar-refractivity contribution >= 4 is 23.7 Å². The minimum atomic E-state index is -0.337. The van der Waals surface area contributed by atoms with Crippen LogP contribution >= 0.6 is 11.8 Å². The summed E-state index contributed by atoms with van der Waals surface area (Å²) in [6.45, 7) is 1.27. The van der Waals surface area contributed by atoms with Crippen molar-refractivity contribution in [1.29, 1.82) is 0 Å². The van der Waals surface area contributed by atoms with Crippen LogP contribution in [-0.4, -0.2) is 38.9 Å². The molecular weight excluding hydrogens is 377 g/mol. The maximum atomic E-state index is 13.5. The highest BCUT2D eigenvalue weighted by Gasteiger charge is 2.06. The molecular formula is C21H26FN3O2S. The Kier molecular flexibility index (Phi) is 8.81. The zero-order valence-corrected chi connectivity index (χ0v) is 17.2. The average molecular weight is 404 g/mol. The fraction of sp³-hybridized carbons (Fsp3) is 0.333. The predicted octanol–water partition coefficient (Wildman–Crippen LogP) is 3.38. The quantitative estimate of drug-likeness (QED) is 0.402. The van der Waals surface area contributed by atoms with Gasteiger partial charge in [0.1, 0.15) is 5.82 Å². The number of carbonyl (C=O) groups is 1. The molecule has 0 aliphatic carbocycles. The number of aliphatic imine (C=N–C) groups is 1. The zero-order chi connectivity index (χ0) is 20.4. The lowest BCUT2D eigenvalue weighted by Crippen LogP contribution is -2.38. The van der Waals surface area contributed by atoms with E-state index >= 15 is 0 Å². The molecule has 0 aliphatic heterocycles. The summed E-state index contributed by atoms with van der Waals surface area (Å²) in [6.07, 6.45) is 2.79. The van der Waals surface area contributed by atoms with Crippen molar-refractivity contribution in [3.05, 3.63) is 70.5 Å². The molecule has 0 heterocycles. The number of methoxy groups -OCH3 is 1. The van der Waals surface area contributed by atoms with Gasteiger partial charge >= 0.3 is 5.97 Å². The maximum absolute atomic E-state index is 13.5. The molecule has 0 bridgehead atoms. The van der Waals surface area contributed by atoms with E-state index in [1.165, 1.54) is 13.2 Å². The normalized spacial score (nSPS) is 11.2. The van der Waals surface area contributed by atoms with Gasteiger partial charge in [-0.25, -0.2) is 9.18 Å². The molecule has 28 heavy (non-hydrogen) atoms. The van der Waals surface area contributed by atoms with E-state index in [2.05, 4.69) is 15.6 Å². The Morgan fingerprint density at radius 3 is 2.54 bits per heavy atom. The van der Waals surface area contributed by atoms with E-state index in [-0.39, 0.29) is 11.8 Å². The standard InChI is InChI=1S/C21H26FN3O2S/c1-23-21(25-13-17-8-9-19(22)12-18(17)14-28-3)24-11-10-15-4-6-16(7-5-15)20(26)27-2/h4-9,12H,10-11,13-14H2,1-3H3,(H2,23,24,25). The number of nitrogens with one attached hydrogen (secondary N) is 2. The lowest BCUT2D eigenvalue weighted by Gasteiger charge is -2.14. The smallest absolute Gasteiger partial charge is 0.337 e. The number of rotatable bonds is 8. The Morgan fingerprint density at radius 2 is 1.89 bits per heavy atom. The molecule has 0 amide bonds. The van der Waals surface area contributed by atoms with Crippen LogP contribution in [0.25, 0.3) is 0 Å². The zero-order valence-electron chi connectivity index (χ0n) is 16.4. The molecule has 2 aromatic carbocycles. The second-order valence-corrected chi connectivity index (χ2v) is 7.00. The summed E-state index contributed by atoms with van der Waals surface area (Å²) in [5.74, 6) is 0.901. The van der Waals surface area contributed by atoms with E-state index in [4.69, 9.17) is 4.74 Å². The summed E-state index contributed by atoms with van der Waals surface area (Å²) >= 11 is 1.66. The largest absolute Gasteiger partial charge is 0.465 e. The Hall–Kier alpha value is -2.54. The van der Waals surface area contributed by atoms with Crippen molar-refractivity contribution in [3.63, 3.8) is 0 Å². The monoisotopic (exact) mass is 403 g/mol. The molecule has 5 nitrogen and oxygen atoms in total. The van der Waals surface area contributed by atoms with Crippen molar-refractivity contribution in [1.82, 2.24) is 10.6 Å². The fourth-order valence-electron chi connectivity index (χ4n) is 2.71. The van der Waals surface area contributed by atoms with Crippen LogP contribution in [0.2, 0.25) is 0 Å². The first-order valence-corrected chi connectivity index (χ1v) is 10.3. The van der Waals surface area contributed by atoms with Crippen LogP contribution in [0.1, 0.15) is 27.0 Å².